The molecule has 0 radical (unpaired) electrons. The predicted molar refractivity (Wildman–Crippen MR) is 68.4 cm³/mol. The van der Waals surface area contributed by atoms with Gasteiger partial charge in [-0.1, -0.05) is 5.92 Å². The fraction of sp³-hybridized carbons (Fsp3) is 0.500. The molecule has 1 aromatic heterocycles. The van der Waals surface area contributed by atoms with Crippen LogP contribution in [0.3, 0.4) is 0 Å². The van der Waals surface area contributed by atoms with Crippen molar-refractivity contribution in [2.45, 2.75) is 31.0 Å². The van der Waals surface area contributed by atoms with Crippen LogP contribution in [0.1, 0.15) is 11.9 Å². The molecule has 0 bridgehead atoms. The first kappa shape index (κ1) is 14.5. The number of nitrogens with zero attached hydrogens (tertiary/aromatic N) is 2. The van der Waals surface area contributed by atoms with Crippen molar-refractivity contribution in [3.8, 4) is 12.3 Å². The standard InChI is InChI=1S/C12H15N3O5/c1-3-12(19)9(17)7(5-16)20-10(12)15-6(2)4-8(13)14-11(15)18/h1,4,7,9-10,16-17,19H,5H2,2H3,(H2,13,14,18)/t7?,9-,10?,12?/m0/s1. The lowest BCUT2D eigenvalue weighted by Gasteiger charge is -2.27. The predicted octanol–water partition coefficient (Wildman–Crippen LogP) is -2.25. The summed E-state index contributed by atoms with van der Waals surface area (Å²) in [4.78, 5) is 15.5. The molecule has 1 aromatic rings. The molecule has 4 atom stereocenters. The molecule has 2 heterocycles. The van der Waals surface area contributed by atoms with Crippen LogP contribution in [0.25, 0.3) is 0 Å². The van der Waals surface area contributed by atoms with Crippen LogP contribution >= 0.6 is 0 Å². The molecule has 0 aromatic carbocycles. The number of aryl methyl sites for hydroxylation is 1. The first-order chi connectivity index (χ1) is 9.35. The molecule has 3 unspecified atom stereocenters. The van der Waals surface area contributed by atoms with E-state index in [-0.39, 0.29) is 5.82 Å². The SMILES string of the molecule is C#CC1(O)C(n2c(C)cc(N)nc2=O)OC(CO)[C@@H]1O. The van der Waals surface area contributed by atoms with Gasteiger partial charge < -0.3 is 25.8 Å². The zero-order valence-electron chi connectivity index (χ0n) is 10.7. The molecule has 0 amide bonds. The van der Waals surface area contributed by atoms with Crippen LogP contribution in [-0.2, 0) is 4.74 Å². The van der Waals surface area contributed by atoms with Gasteiger partial charge in [-0.3, -0.25) is 4.57 Å². The van der Waals surface area contributed by atoms with Crippen molar-refractivity contribution in [1.82, 2.24) is 9.55 Å². The third-order valence-electron chi connectivity index (χ3n) is 3.30. The Morgan fingerprint density at radius 1 is 1.70 bits per heavy atom. The zero-order chi connectivity index (χ0) is 15.1. The maximum absolute atomic E-state index is 11.9. The summed E-state index contributed by atoms with van der Waals surface area (Å²) in [6, 6.07) is 1.40. The van der Waals surface area contributed by atoms with E-state index in [0.29, 0.717) is 5.69 Å². The third-order valence-corrected chi connectivity index (χ3v) is 3.30. The Hall–Kier alpha value is -1.92. The highest BCUT2D eigenvalue weighted by molar-refractivity contribution is 5.29. The van der Waals surface area contributed by atoms with Gasteiger partial charge in [-0.25, -0.2) is 4.79 Å². The zero-order valence-corrected chi connectivity index (χ0v) is 10.7. The van der Waals surface area contributed by atoms with E-state index in [1.165, 1.54) is 6.07 Å². The summed E-state index contributed by atoms with van der Waals surface area (Å²) in [6.45, 7) is 0.996. The van der Waals surface area contributed by atoms with Crippen molar-refractivity contribution >= 4 is 5.82 Å². The van der Waals surface area contributed by atoms with Gasteiger partial charge in [0.25, 0.3) is 0 Å². The van der Waals surface area contributed by atoms with Crippen molar-refractivity contribution in [2.75, 3.05) is 12.3 Å². The molecule has 5 N–H and O–H groups in total. The summed E-state index contributed by atoms with van der Waals surface area (Å²) in [7, 11) is 0. The normalized spacial score (nSPS) is 33.0. The summed E-state index contributed by atoms with van der Waals surface area (Å²) in [6.07, 6.45) is 1.25. The molecule has 8 nitrogen and oxygen atoms in total. The molecule has 2 rings (SSSR count). The van der Waals surface area contributed by atoms with Gasteiger partial charge in [0.05, 0.1) is 6.61 Å². The van der Waals surface area contributed by atoms with Crippen molar-refractivity contribution in [3.63, 3.8) is 0 Å². The van der Waals surface area contributed by atoms with Crippen molar-refractivity contribution in [3.05, 3.63) is 22.2 Å². The van der Waals surface area contributed by atoms with Gasteiger partial charge in [0, 0.05) is 5.69 Å². The Labute approximate surface area is 114 Å². The van der Waals surface area contributed by atoms with E-state index in [2.05, 4.69) is 4.98 Å². The number of nitrogen functional groups attached to an aromatic ring is 1. The van der Waals surface area contributed by atoms with Gasteiger partial charge in [-0.2, -0.15) is 4.98 Å². The first-order valence-corrected chi connectivity index (χ1v) is 5.85. The van der Waals surface area contributed by atoms with Crippen LogP contribution in [0.15, 0.2) is 10.9 Å². The maximum Gasteiger partial charge on any atom is 0.351 e. The van der Waals surface area contributed by atoms with Crippen molar-refractivity contribution in [1.29, 1.82) is 0 Å². The summed E-state index contributed by atoms with van der Waals surface area (Å²) in [5.41, 5.74) is 2.88. The third kappa shape index (κ3) is 1.97. The average molecular weight is 281 g/mol. The minimum atomic E-state index is -2.15. The molecule has 1 aliphatic heterocycles. The van der Waals surface area contributed by atoms with Gasteiger partial charge in [-0.05, 0) is 13.0 Å². The molecule has 0 saturated carbocycles. The van der Waals surface area contributed by atoms with E-state index in [9.17, 15) is 15.0 Å². The highest BCUT2D eigenvalue weighted by Crippen LogP contribution is 2.37. The molecular formula is C12H15N3O5. The van der Waals surface area contributed by atoms with Crippen molar-refractivity contribution < 1.29 is 20.1 Å². The molecule has 0 aliphatic carbocycles. The van der Waals surface area contributed by atoms with E-state index in [1.807, 2.05) is 5.92 Å². The second kappa shape index (κ2) is 4.88. The quantitative estimate of drug-likeness (QED) is 0.450. The van der Waals surface area contributed by atoms with Crippen LogP contribution < -0.4 is 11.4 Å². The Kier molecular flexibility index (Phi) is 3.54. The highest BCUT2D eigenvalue weighted by atomic mass is 16.6. The number of nitrogens with two attached hydrogens (primary N) is 1. The molecule has 0 spiro atoms. The fourth-order valence-corrected chi connectivity index (χ4v) is 2.25. The summed E-state index contributed by atoms with van der Waals surface area (Å²) in [5.74, 6) is 2.04. The van der Waals surface area contributed by atoms with Gasteiger partial charge in [0.1, 0.15) is 18.0 Å². The number of ether oxygens (including phenoxy) is 1. The molecule has 1 saturated heterocycles. The van der Waals surface area contributed by atoms with Gasteiger partial charge in [0.2, 0.25) is 0 Å². The fourth-order valence-electron chi connectivity index (χ4n) is 2.25. The van der Waals surface area contributed by atoms with E-state index in [0.717, 1.165) is 4.57 Å². The Morgan fingerprint density at radius 3 is 2.85 bits per heavy atom. The van der Waals surface area contributed by atoms with Crippen molar-refractivity contribution in [2.24, 2.45) is 0 Å². The lowest BCUT2D eigenvalue weighted by atomic mass is 9.95. The van der Waals surface area contributed by atoms with Crippen LogP contribution in [0, 0.1) is 19.3 Å². The maximum atomic E-state index is 11.9. The minimum absolute atomic E-state index is 0.0188. The molecule has 8 heteroatoms. The van der Waals surface area contributed by atoms with Gasteiger partial charge >= 0.3 is 5.69 Å². The number of rotatable bonds is 2. The molecule has 1 aliphatic rings. The Morgan fingerprint density at radius 2 is 2.35 bits per heavy atom. The average Bonchev–Trinajstić information content (AvgIpc) is 2.63. The number of hydrogen-bond donors (Lipinski definition) is 4. The Bertz CT molecular complexity index is 622. The number of anilines is 1. The van der Waals surface area contributed by atoms with Gasteiger partial charge in [-0.15, -0.1) is 6.42 Å². The van der Waals surface area contributed by atoms with Crippen LogP contribution in [0.4, 0.5) is 5.82 Å². The summed E-state index contributed by atoms with van der Waals surface area (Å²) < 4.78 is 6.30. The number of aliphatic hydroxyl groups is 3. The first-order valence-electron chi connectivity index (χ1n) is 5.85. The minimum Gasteiger partial charge on any atom is -0.394 e. The van der Waals surface area contributed by atoms with Crippen LogP contribution in [0.5, 0.6) is 0 Å². The topological polar surface area (TPSA) is 131 Å². The van der Waals surface area contributed by atoms with Crippen LogP contribution in [0.2, 0.25) is 0 Å². The molecule has 108 valence electrons. The largest absolute Gasteiger partial charge is 0.394 e. The van der Waals surface area contributed by atoms with Gasteiger partial charge in [0.15, 0.2) is 11.8 Å². The highest BCUT2D eigenvalue weighted by Gasteiger charge is 2.56. The molecular weight excluding hydrogens is 266 g/mol. The number of aromatic nitrogens is 2. The Balaban J connectivity index is 2.58. The van der Waals surface area contributed by atoms with Crippen LogP contribution in [-0.4, -0.2) is 49.3 Å². The smallest absolute Gasteiger partial charge is 0.351 e. The number of aliphatic hydroxyl groups excluding tert-OH is 2. The monoisotopic (exact) mass is 281 g/mol. The number of hydrogen-bond acceptors (Lipinski definition) is 7. The molecule has 1 fully saturated rings. The second-order valence-corrected chi connectivity index (χ2v) is 4.60. The summed E-state index contributed by atoms with van der Waals surface area (Å²) in [5, 5.41) is 29.4. The van der Waals surface area contributed by atoms with E-state index in [4.69, 9.17) is 22.0 Å². The molecule has 20 heavy (non-hydrogen) atoms. The second-order valence-electron chi connectivity index (χ2n) is 4.60. The lowest BCUT2D eigenvalue weighted by molar-refractivity contribution is -0.0773. The van der Waals surface area contributed by atoms with E-state index >= 15 is 0 Å². The lowest BCUT2D eigenvalue weighted by Crippen LogP contribution is -2.48. The van der Waals surface area contributed by atoms with E-state index in [1.54, 1.807) is 6.92 Å². The van der Waals surface area contributed by atoms with E-state index < -0.39 is 36.3 Å². The summed E-state index contributed by atoms with van der Waals surface area (Å²) >= 11 is 0. The number of terminal acetylenes is 1.